The molecule has 3 rings (SSSR count). The van der Waals surface area contributed by atoms with Crippen LogP contribution in [0.25, 0.3) is 0 Å². The van der Waals surface area contributed by atoms with Gasteiger partial charge in [0.1, 0.15) is 5.75 Å². The van der Waals surface area contributed by atoms with Crippen LogP contribution in [-0.2, 0) is 22.6 Å². The summed E-state index contributed by atoms with van der Waals surface area (Å²) in [6, 6.07) is 9.56. The highest BCUT2D eigenvalue weighted by Crippen LogP contribution is 2.11. The van der Waals surface area contributed by atoms with Crippen molar-refractivity contribution in [2.45, 2.75) is 19.3 Å². The summed E-state index contributed by atoms with van der Waals surface area (Å²) in [6.45, 7) is 3.58. The predicted molar refractivity (Wildman–Crippen MR) is 82.0 cm³/mol. The molecule has 2 aromatic rings. The number of hydrogen-bond donors (Lipinski definition) is 0. The summed E-state index contributed by atoms with van der Waals surface area (Å²) in [5.74, 6) is 1.89. The largest absolute Gasteiger partial charge is 0.485 e. The summed E-state index contributed by atoms with van der Waals surface area (Å²) in [7, 11) is 1.99. The highest BCUT2D eigenvalue weighted by Gasteiger charge is 2.18. The lowest BCUT2D eigenvalue weighted by molar-refractivity contribution is -0.0967. The number of nitrogens with zero attached hydrogens (tertiary/aromatic N) is 3. The molecule has 0 radical (unpaired) electrons. The lowest BCUT2D eigenvalue weighted by Gasteiger charge is -2.26. The molecule has 0 saturated carbocycles. The second kappa shape index (κ2) is 8.05. The molecule has 0 aliphatic carbocycles. The standard InChI is InChI=1S/C16H21N3O4/c1-19(9-14-11-20-7-8-21-14)10-16-17-15(18-23-16)12-22-13-5-3-2-4-6-13/h2-6,14H,7-12H2,1H3. The van der Waals surface area contributed by atoms with E-state index in [0.717, 1.165) is 12.3 Å². The van der Waals surface area contributed by atoms with E-state index in [1.54, 1.807) is 0 Å². The molecule has 1 aliphatic rings. The van der Waals surface area contributed by atoms with Gasteiger partial charge >= 0.3 is 0 Å². The third kappa shape index (κ3) is 5.02. The van der Waals surface area contributed by atoms with Gasteiger partial charge in [-0.3, -0.25) is 4.90 Å². The quantitative estimate of drug-likeness (QED) is 0.766. The Morgan fingerprint density at radius 1 is 1.26 bits per heavy atom. The number of aromatic nitrogens is 2. The fraction of sp³-hybridized carbons (Fsp3) is 0.500. The molecule has 0 spiro atoms. The maximum Gasteiger partial charge on any atom is 0.240 e. The Bertz CT molecular complexity index is 584. The Morgan fingerprint density at radius 2 is 2.13 bits per heavy atom. The number of hydrogen-bond acceptors (Lipinski definition) is 7. The molecule has 7 heteroatoms. The van der Waals surface area contributed by atoms with Gasteiger partial charge in [-0.2, -0.15) is 4.98 Å². The minimum atomic E-state index is 0.0950. The van der Waals surface area contributed by atoms with E-state index in [1.807, 2.05) is 37.4 Å². The molecule has 1 aromatic carbocycles. The van der Waals surface area contributed by atoms with Gasteiger partial charge < -0.3 is 18.7 Å². The summed E-state index contributed by atoms with van der Waals surface area (Å²) < 4.78 is 21.9. The van der Waals surface area contributed by atoms with Gasteiger partial charge in [0.2, 0.25) is 11.7 Å². The number of benzene rings is 1. The van der Waals surface area contributed by atoms with Crippen LogP contribution in [0.3, 0.4) is 0 Å². The van der Waals surface area contributed by atoms with E-state index in [-0.39, 0.29) is 12.7 Å². The van der Waals surface area contributed by atoms with Crippen LogP contribution in [0, 0.1) is 0 Å². The van der Waals surface area contributed by atoms with Crippen molar-refractivity contribution in [3.8, 4) is 5.75 Å². The highest BCUT2D eigenvalue weighted by molar-refractivity contribution is 5.20. The molecule has 0 bridgehead atoms. The van der Waals surface area contributed by atoms with Gasteiger partial charge in [0.25, 0.3) is 0 Å². The first-order valence-corrected chi connectivity index (χ1v) is 7.67. The van der Waals surface area contributed by atoms with Gasteiger partial charge in [0.05, 0.1) is 32.5 Å². The van der Waals surface area contributed by atoms with Crippen LogP contribution < -0.4 is 4.74 Å². The molecule has 0 N–H and O–H groups in total. The van der Waals surface area contributed by atoms with Gasteiger partial charge in [0.15, 0.2) is 6.61 Å². The fourth-order valence-corrected chi connectivity index (χ4v) is 2.36. The van der Waals surface area contributed by atoms with Gasteiger partial charge in [-0.15, -0.1) is 0 Å². The van der Waals surface area contributed by atoms with Crippen LogP contribution in [0.2, 0.25) is 0 Å². The van der Waals surface area contributed by atoms with E-state index in [1.165, 1.54) is 0 Å². The zero-order valence-electron chi connectivity index (χ0n) is 13.2. The van der Waals surface area contributed by atoms with E-state index < -0.39 is 0 Å². The fourth-order valence-electron chi connectivity index (χ4n) is 2.36. The molecule has 1 unspecified atom stereocenters. The van der Waals surface area contributed by atoms with Crippen molar-refractivity contribution in [1.82, 2.24) is 15.0 Å². The van der Waals surface area contributed by atoms with Crippen LogP contribution in [0.5, 0.6) is 5.75 Å². The molecule has 23 heavy (non-hydrogen) atoms. The second-order valence-electron chi connectivity index (χ2n) is 5.47. The maximum atomic E-state index is 5.63. The van der Waals surface area contributed by atoms with Crippen molar-refractivity contribution < 1.29 is 18.7 Å². The maximum absolute atomic E-state index is 5.63. The minimum Gasteiger partial charge on any atom is -0.485 e. The molecule has 2 heterocycles. The van der Waals surface area contributed by atoms with E-state index in [0.29, 0.717) is 38.1 Å². The van der Waals surface area contributed by atoms with Crippen molar-refractivity contribution in [3.63, 3.8) is 0 Å². The first kappa shape index (κ1) is 15.9. The van der Waals surface area contributed by atoms with Gasteiger partial charge in [-0.25, -0.2) is 0 Å². The molecule has 7 nitrogen and oxygen atoms in total. The molecule has 1 atom stereocenters. The monoisotopic (exact) mass is 319 g/mol. The number of rotatable bonds is 7. The molecule has 124 valence electrons. The summed E-state index contributed by atoms with van der Waals surface area (Å²) in [4.78, 5) is 6.42. The Labute approximate surface area is 135 Å². The second-order valence-corrected chi connectivity index (χ2v) is 5.47. The van der Waals surface area contributed by atoms with Gasteiger partial charge in [0, 0.05) is 6.54 Å². The van der Waals surface area contributed by atoms with E-state index in [9.17, 15) is 0 Å². The summed E-state index contributed by atoms with van der Waals surface area (Å²) in [6.07, 6.45) is 0.0950. The molecule has 1 aliphatic heterocycles. The summed E-state index contributed by atoms with van der Waals surface area (Å²) in [5, 5.41) is 3.94. The van der Waals surface area contributed by atoms with Crippen molar-refractivity contribution in [2.75, 3.05) is 33.4 Å². The lowest BCUT2D eigenvalue weighted by Crippen LogP contribution is -2.38. The number of likely N-dealkylation sites (N-methyl/N-ethyl adjacent to an activating group) is 1. The predicted octanol–water partition coefficient (Wildman–Crippen LogP) is 1.50. The topological polar surface area (TPSA) is 69.9 Å². The van der Waals surface area contributed by atoms with Crippen molar-refractivity contribution >= 4 is 0 Å². The van der Waals surface area contributed by atoms with Gasteiger partial charge in [-0.1, -0.05) is 23.4 Å². The van der Waals surface area contributed by atoms with E-state index >= 15 is 0 Å². The smallest absolute Gasteiger partial charge is 0.240 e. The van der Waals surface area contributed by atoms with Crippen LogP contribution in [0.15, 0.2) is 34.9 Å². The zero-order valence-corrected chi connectivity index (χ0v) is 13.2. The Kier molecular flexibility index (Phi) is 5.57. The average Bonchev–Trinajstić information content (AvgIpc) is 3.02. The van der Waals surface area contributed by atoms with Crippen molar-refractivity contribution in [1.29, 1.82) is 0 Å². The van der Waals surface area contributed by atoms with Gasteiger partial charge in [-0.05, 0) is 19.2 Å². The average molecular weight is 319 g/mol. The number of ether oxygens (including phenoxy) is 3. The van der Waals surface area contributed by atoms with E-state index in [2.05, 4.69) is 15.0 Å². The molecule has 1 aromatic heterocycles. The Morgan fingerprint density at radius 3 is 2.91 bits per heavy atom. The minimum absolute atomic E-state index is 0.0950. The summed E-state index contributed by atoms with van der Waals surface area (Å²) in [5.41, 5.74) is 0. The molecule has 1 fully saturated rings. The lowest BCUT2D eigenvalue weighted by atomic mass is 10.3. The summed E-state index contributed by atoms with van der Waals surface area (Å²) >= 11 is 0. The van der Waals surface area contributed by atoms with E-state index in [4.69, 9.17) is 18.7 Å². The van der Waals surface area contributed by atoms with Crippen LogP contribution in [0.1, 0.15) is 11.7 Å². The molecular weight excluding hydrogens is 298 g/mol. The first-order chi connectivity index (χ1) is 11.3. The van der Waals surface area contributed by atoms with Crippen molar-refractivity contribution in [3.05, 3.63) is 42.0 Å². The molecule has 0 amide bonds. The normalized spacial score (nSPS) is 18.3. The van der Waals surface area contributed by atoms with Crippen LogP contribution in [0.4, 0.5) is 0 Å². The first-order valence-electron chi connectivity index (χ1n) is 7.67. The highest BCUT2D eigenvalue weighted by atomic mass is 16.6. The van der Waals surface area contributed by atoms with Crippen molar-refractivity contribution in [2.24, 2.45) is 0 Å². The van der Waals surface area contributed by atoms with Crippen LogP contribution in [-0.4, -0.2) is 54.6 Å². The number of para-hydroxylation sites is 1. The zero-order chi connectivity index (χ0) is 15.9. The molecular formula is C16H21N3O4. The van der Waals surface area contributed by atoms with Crippen LogP contribution >= 0.6 is 0 Å². The SMILES string of the molecule is CN(Cc1nc(COc2ccccc2)no1)CC1COCCO1. The third-order valence-electron chi connectivity index (χ3n) is 3.43. The molecule has 1 saturated heterocycles. The Hall–Kier alpha value is -1.96. The third-order valence-corrected chi connectivity index (χ3v) is 3.43. The Balaban J connectivity index is 1.44.